The fourth-order valence-electron chi connectivity index (χ4n) is 2.66. The molecule has 3 rings (SSSR count). The van der Waals surface area contributed by atoms with Gasteiger partial charge in [-0.3, -0.25) is 14.9 Å². The Labute approximate surface area is 152 Å². The predicted octanol–water partition coefficient (Wildman–Crippen LogP) is 4.06. The zero-order valence-corrected chi connectivity index (χ0v) is 15.0. The maximum Gasteiger partial charge on any atom is 0.272 e. The van der Waals surface area contributed by atoms with Crippen LogP contribution in [0.2, 0.25) is 10.0 Å². The summed E-state index contributed by atoms with van der Waals surface area (Å²) in [7, 11) is 0. The molecular formula is C16H14Cl2N4O3. The molecule has 0 unspecified atom stereocenters. The van der Waals surface area contributed by atoms with Gasteiger partial charge in [-0.15, -0.1) is 0 Å². The number of nitro groups is 1. The van der Waals surface area contributed by atoms with E-state index in [4.69, 9.17) is 23.2 Å². The molecular weight excluding hydrogens is 367 g/mol. The van der Waals surface area contributed by atoms with Crippen LogP contribution in [-0.4, -0.2) is 19.3 Å². The first-order chi connectivity index (χ1) is 11.8. The molecule has 7 nitrogen and oxygen atoms in total. The van der Waals surface area contributed by atoms with Crippen molar-refractivity contribution in [3.05, 3.63) is 61.0 Å². The summed E-state index contributed by atoms with van der Waals surface area (Å²) in [5.74, 6) is 0.276. The number of halogens is 2. The van der Waals surface area contributed by atoms with E-state index in [0.29, 0.717) is 23.3 Å². The van der Waals surface area contributed by atoms with E-state index in [2.05, 4.69) is 5.10 Å². The smallest absolute Gasteiger partial charge is 0.272 e. The van der Waals surface area contributed by atoms with Crippen molar-refractivity contribution in [3.63, 3.8) is 0 Å². The van der Waals surface area contributed by atoms with Gasteiger partial charge in [0.25, 0.3) is 11.2 Å². The van der Waals surface area contributed by atoms with Crippen molar-refractivity contribution in [3.8, 4) is 5.69 Å². The van der Waals surface area contributed by atoms with Crippen LogP contribution in [0.4, 0.5) is 5.69 Å². The third-order valence-electron chi connectivity index (χ3n) is 3.70. The fraction of sp³-hybridized carbons (Fsp3) is 0.250. The molecule has 0 radical (unpaired) electrons. The molecule has 0 aliphatic rings. The largest absolute Gasteiger partial charge is 0.305 e. The second-order valence-corrected chi connectivity index (χ2v) is 6.83. The molecule has 0 bridgehead atoms. The van der Waals surface area contributed by atoms with Crippen molar-refractivity contribution in [2.24, 2.45) is 5.92 Å². The van der Waals surface area contributed by atoms with Crippen LogP contribution in [0.15, 0.2) is 35.3 Å². The monoisotopic (exact) mass is 380 g/mol. The van der Waals surface area contributed by atoms with E-state index < -0.39 is 4.92 Å². The van der Waals surface area contributed by atoms with Gasteiger partial charge in [-0.05, 0) is 12.0 Å². The standard InChI is InChI=1S/C16H14Cl2N4O3/c1-9(2)8-20-14-7-19-21(13(14)3-4-15(20)23)16-11(17)5-10(22(24)25)6-12(16)18/h3-7,9H,8H2,1-2H3. The van der Waals surface area contributed by atoms with E-state index in [9.17, 15) is 14.9 Å². The van der Waals surface area contributed by atoms with Crippen LogP contribution in [0.5, 0.6) is 0 Å². The number of rotatable bonds is 4. The van der Waals surface area contributed by atoms with Crippen LogP contribution >= 0.6 is 23.2 Å². The van der Waals surface area contributed by atoms with Crippen molar-refractivity contribution >= 4 is 39.9 Å². The molecule has 0 spiro atoms. The van der Waals surface area contributed by atoms with E-state index >= 15 is 0 Å². The Bertz CT molecular complexity index is 1020. The Balaban J connectivity index is 2.25. The number of non-ortho nitro benzene ring substituents is 1. The summed E-state index contributed by atoms with van der Waals surface area (Å²) in [6.07, 6.45) is 1.56. The third-order valence-corrected chi connectivity index (χ3v) is 4.27. The molecule has 0 atom stereocenters. The number of aromatic nitrogens is 3. The van der Waals surface area contributed by atoms with Crippen LogP contribution < -0.4 is 5.56 Å². The molecule has 0 N–H and O–H groups in total. The van der Waals surface area contributed by atoms with Crippen LogP contribution in [0.25, 0.3) is 16.7 Å². The van der Waals surface area contributed by atoms with E-state index in [1.165, 1.54) is 22.9 Å². The van der Waals surface area contributed by atoms with Gasteiger partial charge in [0.05, 0.1) is 32.2 Å². The van der Waals surface area contributed by atoms with Gasteiger partial charge in [0, 0.05) is 24.7 Å². The summed E-state index contributed by atoms with van der Waals surface area (Å²) >= 11 is 12.4. The number of pyridine rings is 1. The Hall–Kier alpha value is -2.38. The molecule has 0 saturated heterocycles. The second-order valence-electron chi connectivity index (χ2n) is 6.02. The number of hydrogen-bond acceptors (Lipinski definition) is 4. The molecule has 9 heteroatoms. The lowest BCUT2D eigenvalue weighted by Crippen LogP contribution is -2.21. The molecule has 0 fully saturated rings. The van der Waals surface area contributed by atoms with Crippen molar-refractivity contribution in [2.45, 2.75) is 20.4 Å². The molecule has 0 aliphatic heterocycles. The normalized spacial score (nSPS) is 11.4. The first-order valence-corrected chi connectivity index (χ1v) is 8.26. The third kappa shape index (κ3) is 3.12. The number of nitrogens with zero attached hydrogens (tertiary/aromatic N) is 4. The number of hydrogen-bond donors (Lipinski definition) is 0. The summed E-state index contributed by atoms with van der Waals surface area (Å²) in [6, 6.07) is 5.53. The molecule has 2 aromatic heterocycles. The summed E-state index contributed by atoms with van der Waals surface area (Å²) in [4.78, 5) is 22.5. The minimum absolute atomic E-state index is 0.103. The lowest BCUT2D eigenvalue weighted by Gasteiger charge is -2.11. The highest BCUT2D eigenvalue weighted by Gasteiger charge is 2.19. The van der Waals surface area contributed by atoms with E-state index in [-0.39, 0.29) is 27.2 Å². The Morgan fingerprint density at radius 3 is 2.40 bits per heavy atom. The number of benzene rings is 1. The van der Waals surface area contributed by atoms with Crippen LogP contribution in [0.3, 0.4) is 0 Å². The lowest BCUT2D eigenvalue weighted by molar-refractivity contribution is -0.384. The Morgan fingerprint density at radius 2 is 1.84 bits per heavy atom. The Kier molecular flexibility index (Phi) is 4.53. The van der Waals surface area contributed by atoms with E-state index in [0.717, 1.165) is 0 Å². The van der Waals surface area contributed by atoms with Crippen LogP contribution in [0.1, 0.15) is 13.8 Å². The first-order valence-electron chi connectivity index (χ1n) is 7.51. The minimum atomic E-state index is -0.566. The zero-order valence-electron chi connectivity index (χ0n) is 13.4. The van der Waals surface area contributed by atoms with Crippen molar-refractivity contribution in [1.82, 2.24) is 14.3 Å². The van der Waals surface area contributed by atoms with Crippen molar-refractivity contribution in [1.29, 1.82) is 0 Å². The average molecular weight is 381 g/mol. The molecule has 130 valence electrons. The van der Waals surface area contributed by atoms with Gasteiger partial charge in [0.1, 0.15) is 5.69 Å². The molecule has 0 saturated carbocycles. The molecule has 0 amide bonds. The molecule has 25 heavy (non-hydrogen) atoms. The summed E-state index contributed by atoms with van der Waals surface area (Å²) in [5, 5.41) is 15.4. The van der Waals surface area contributed by atoms with Crippen molar-refractivity contribution in [2.75, 3.05) is 0 Å². The molecule has 0 aliphatic carbocycles. The Morgan fingerprint density at radius 1 is 1.20 bits per heavy atom. The van der Waals surface area contributed by atoms with Crippen LogP contribution in [-0.2, 0) is 6.54 Å². The highest BCUT2D eigenvalue weighted by Crippen LogP contribution is 2.34. The van der Waals surface area contributed by atoms with Gasteiger partial charge in [-0.25, -0.2) is 4.68 Å². The van der Waals surface area contributed by atoms with E-state index in [1.807, 2.05) is 13.8 Å². The van der Waals surface area contributed by atoms with Gasteiger partial charge in [-0.2, -0.15) is 5.10 Å². The average Bonchev–Trinajstić information content (AvgIpc) is 2.93. The highest BCUT2D eigenvalue weighted by atomic mass is 35.5. The number of nitro benzene ring substituents is 1. The zero-order chi connectivity index (χ0) is 18.3. The van der Waals surface area contributed by atoms with Gasteiger partial charge in [0.15, 0.2) is 0 Å². The highest BCUT2D eigenvalue weighted by molar-refractivity contribution is 6.38. The molecule has 2 heterocycles. The summed E-state index contributed by atoms with van der Waals surface area (Å²) < 4.78 is 3.12. The van der Waals surface area contributed by atoms with Crippen LogP contribution in [0, 0.1) is 16.0 Å². The second kappa shape index (κ2) is 6.50. The van der Waals surface area contributed by atoms with Gasteiger partial charge in [0.2, 0.25) is 0 Å². The SMILES string of the molecule is CC(C)Cn1c(=O)ccc2c1cnn2-c1c(Cl)cc([N+](=O)[O-])cc1Cl. The predicted molar refractivity (Wildman–Crippen MR) is 96.8 cm³/mol. The summed E-state index contributed by atoms with van der Waals surface area (Å²) in [5.41, 5.74) is 1.29. The maximum atomic E-state index is 12.2. The van der Waals surface area contributed by atoms with Gasteiger partial charge in [-0.1, -0.05) is 37.0 Å². The number of fused-ring (bicyclic) bond motifs is 1. The van der Waals surface area contributed by atoms with E-state index in [1.54, 1.807) is 16.8 Å². The van der Waals surface area contributed by atoms with Crippen molar-refractivity contribution < 1.29 is 4.92 Å². The first kappa shape index (κ1) is 17.4. The summed E-state index contributed by atoms with van der Waals surface area (Å²) in [6.45, 7) is 4.57. The van der Waals surface area contributed by atoms with Gasteiger partial charge < -0.3 is 4.57 Å². The molecule has 3 aromatic rings. The minimum Gasteiger partial charge on any atom is -0.305 e. The van der Waals surface area contributed by atoms with Gasteiger partial charge >= 0.3 is 0 Å². The molecule has 1 aromatic carbocycles. The topological polar surface area (TPSA) is 83.0 Å². The lowest BCUT2D eigenvalue weighted by atomic mass is 10.2. The quantitative estimate of drug-likeness (QED) is 0.504. The maximum absolute atomic E-state index is 12.2. The fourth-order valence-corrected chi connectivity index (χ4v) is 3.30.